The standard InChI is InChI=1S/C17H16BrN3O3/c1-10(2)11-3-5-12(6-4-11)16-20-15(24-21-16)9-23-17(22)14-7-13(18)8-19-14/h3-8,10,19H,9H2,1-2H3. The second kappa shape index (κ2) is 7.00. The van der Waals surface area contributed by atoms with Gasteiger partial charge in [-0.25, -0.2) is 4.79 Å². The van der Waals surface area contributed by atoms with Crippen LogP contribution in [0.25, 0.3) is 11.4 Å². The molecule has 0 bridgehead atoms. The number of nitrogens with zero attached hydrogens (tertiary/aromatic N) is 2. The number of aromatic amines is 1. The van der Waals surface area contributed by atoms with Gasteiger partial charge in [-0.1, -0.05) is 43.3 Å². The van der Waals surface area contributed by atoms with Gasteiger partial charge in [-0.3, -0.25) is 0 Å². The molecule has 24 heavy (non-hydrogen) atoms. The Morgan fingerprint density at radius 3 is 2.71 bits per heavy atom. The fourth-order valence-electron chi connectivity index (χ4n) is 2.14. The van der Waals surface area contributed by atoms with Gasteiger partial charge in [0.2, 0.25) is 5.82 Å². The van der Waals surface area contributed by atoms with E-state index in [0.717, 1.165) is 10.0 Å². The number of halogens is 1. The zero-order valence-corrected chi connectivity index (χ0v) is 14.8. The van der Waals surface area contributed by atoms with E-state index >= 15 is 0 Å². The molecule has 3 rings (SSSR count). The van der Waals surface area contributed by atoms with Crippen molar-refractivity contribution in [2.75, 3.05) is 0 Å². The highest BCUT2D eigenvalue weighted by atomic mass is 79.9. The molecule has 0 fully saturated rings. The second-order valence-corrected chi connectivity index (χ2v) is 6.51. The van der Waals surface area contributed by atoms with Crippen molar-refractivity contribution in [2.45, 2.75) is 26.4 Å². The molecule has 1 aromatic carbocycles. The van der Waals surface area contributed by atoms with Crippen LogP contribution in [-0.2, 0) is 11.3 Å². The number of hydrogen-bond acceptors (Lipinski definition) is 5. The summed E-state index contributed by atoms with van der Waals surface area (Å²) >= 11 is 3.26. The highest BCUT2D eigenvalue weighted by molar-refractivity contribution is 9.10. The van der Waals surface area contributed by atoms with Crippen LogP contribution in [0.3, 0.4) is 0 Å². The first kappa shape index (κ1) is 16.4. The largest absolute Gasteiger partial charge is 0.451 e. The summed E-state index contributed by atoms with van der Waals surface area (Å²) in [5.41, 5.74) is 2.45. The van der Waals surface area contributed by atoms with Crippen molar-refractivity contribution in [3.8, 4) is 11.4 Å². The Labute approximate surface area is 147 Å². The highest BCUT2D eigenvalue weighted by Crippen LogP contribution is 2.20. The molecule has 0 unspecified atom stereocenters. The van der Waals surface area contributed by atoms with Crippen LogP contribution < -0.4 is 0 Å². The smallest absolute Gasteiger partial charge is 0.355 e. The molecule has 0 radical (unpaired) electrons. The lowest BCUT2D eigenvalue weighted by Crippen LogP contribution is -2.05. The van der Waals surface area contributed by atoms with E-state index in [-0.39, 0.29) is 12.5 Å². The molecule has 0 aliphatic heterocycles. The Morgan fingerprint density at radius 1 is 1.33 bits per heavy atom. The fourth-order valence-corrected chi connectivity index (χ4v) is 2.48. The number of benzene rings is 1. The minimum atomic E-state index is -0.485. The Balaban J connectivity index is 1.64. The highest BCUT2D eigenvalue weighted by Gasteiger charge is 2.14. The maximum Gasteiger partial charge on any atom is 0.355 e. The van der Waals surface area contributed by atoms with Gasteiger partial charge in [0.25, 0.3) is 5.89 Å². The monoisotopic (exact) mass is 389 g/mol. The normalized spacial score (nSPS) is 11.0. The first-order chi connectivity index (χ1) is 11.5. The zero-order valence-electron chi connectivity index (χ0n) is 13.2. The maximum atomic E-state index is 11.8. The summed E-state index contributed by atoms with van der Waals surface area (Å²) in [6, 6.07) is 9.62. The van der Waals surface area contributed by atoms with Crippen LogP contribution in [0, 0.1) is 0 Å². The van der Waals surface area contributed by atoms with Gasteiger partial charge in [0, 0.05) is 16.2 Å². The van der Waals surface area contributed by atoms with E-state index in [1.807, 2.05) is 24.3 Å². The lowest BCUT2D eigenvalue weighted by atomic mass is 10.0. The summed E-state index contributed by atoms with van der Waals surface area (Å²) in [4.78, 5) is 18.9. The van der Waals surface area contributed by atoms with E-state index in [1.165, 1.54) is 5.56 Å². The number of hydrogen-bond donors (Lipinski definition) is 1. The van der Waals surface area contributed by atoms with E-state index < -0.39 is 5.97 Å². The number of esters is 1. The van der Waals surface area contributed by atoms with Crippen molar-refractivity contribution in [2.24, 2.45) is 0 Å². The van der Waals surface area contributed by atoms with Crippen LogP contribution in [0.1, 0.15) is 41.7 Å². The third-order valence-corrected chi connectivity index (χ3v) is 3.96. The van der Waals surface area contributed by atoms with E-state index in [9.17, 15) is 4.79 Å². The maximum absolute atomic E-state index is 11.8. The van der Waals surface area contributed by atoms with E-state index in [2.05, 4.69) is 44.9 Å². The molecule has 7 heteroatoms. The molecule has 0 spiro atoms. The summed E-state index contributed by atoms with van der Waals surface area (Å²) in [6.07, 6.45) is 1.65. The molecule has 0 amide bonds. The van der Waals surface area contributed by atoms with E-state index in [1.54, 1.807) is 12.3 Å². The number of ether oxygens (including phenoxy) is 1. The number of aromatic nitrogens is 3. The Bertz CT molecular complexity index is 837. The lowest BCUT2D eigenvalue weighted by molar-refractivity contribution is 0.0423. The Hall–Kier alpha value is -2.41. The molecule has 0 aliphatic carbocycles. The summed E-state index contributed by atoms with van der Waals surface area (Å²) in [5.74, 6) is 0.699. The van der Waals surface area contributed by atoms with Gasteiger partial charge in [-0.05, 0) is 33.5 Å². The molecular formula is C17H16BrN3O3. The third kappa shape index (κ3) is 3.73. The van der Waals surface area contributed by atoms with Crippen molar-refractivity contribution in [3.63, 3.8) is 0 Å². The topological polar surface area (TPSA) is 81.0 Å². The van der Waals surface area contributed by atoms with Crippen molar-refractivity contribution in [1.29, 1.82) is 0 Å². The molecule has 124 valence electrons. The minimum Gasteiger partial charge on any atom is -0.451 e. The Kier molecular flexibility index (Phi) is 4.80. The molecule has 0 saturated heterocycles. The van der Waals surface area contributed by atoms with Crippen LogP contribution in [0.2, 0.25) is 0 Å². The molecule has 3 aromatic rings. The van der Waals surface area contributed by atoms with Crippen LogP contribution in [0.5, 0.6) is 0 Å². The summed E-state index contributed by atoms with van der Waals surface area (Å²) in [5, 5.41) is 3.92. The van der Waals surface area contributed by atoms with E-state index in [0.29, 0.717) is 17.4 Å². The van der Waals surface area contributed by atoms with Crippen LogP contribution in [0.4, 0.5) is 0 Å². The van der Waals surface area contributed by atoms with Crippen LogP contribution in [-0.4, -0.2) is 21.1 Å². The van der Waals surface area contributed by atoms with Crippen molar-refractivity contribution >= 4 is 21.9 Å². The van der Waals surface area contributed by atoms with Gasteiger partial charge < -0.3 is 14.2 Å². The van der Waals surface area contributed by atoms with Crippen molar-refractivity contribution < 1.29 is 14.1 Å². The van der Waals surface area contributed by atoms with Gasteiger partial charge in [-0.15, -0.1) is 0 Å². The van der Waals surface area contributed by atoms with Crippen LogP contribution in [0.15, 0.2) is 45.5 Å². The molecule has 6 nitrogen and oxygen atoms in total. The molecule has 1 N–H and O–H groups in total. The Morgan fingerprint density at radius 2 is 2.08 bits per heavy atom. The quantitative estimate of drug-likeness (QED) is 0.657. The van der Waals surface area contributed by atoms with Gasteiger partial charge >= 0.3 is 5.97 Å². The number of rotatable bonds is 5. The molecule has 2 heterocycles. The SMILES string of the molecule is CC(C)c1ccc(-c2noc(COC(=O)c3cc(Br)c[nH]3)n2)cc1. The minimum absolute atomic E-state index is 0.0768. The average Bonchev–Trinajstić information content (AvgIpc) is 3.22. The van der Waals surface area contributed by atoms with E-state index in [4.69, 9.17) is 9.26 Å². The van der Waals surface area contributed by atoms with Gasteiger partial charge in [-0.2, -0.15) is 4.98 Å². The first-order valence-electron chi connectivity index (χ1n) is 7.47. The van der Waals surface area contributed by atoms with Crippen molar-refractivity contribution in [3.05, 3.63) is 58.1 Å². The summed E-state index contributed by atoms with van der Waals surface area (Å²) in [7, 11) is 0. The molecule has 0 aliphatic rings. The fraction of sp³-hybridized carbons (Fsp3) is 0.235. The average molecular weight is 390 g/mol. The second-order valence-electron chi connectivity index (χ2n) is 5.60. The van der Waals surface area contributed by atoms with Crippen LogP contribution >= 0.6 is 15.9 Å². The van der Waals surface area contributed by atoms with Crippen molar-refractivity contribution in [1.82, 2.24) is 15.1 Å². The number of H-pyrrole nitrogens is 1. The molecule has 0 atom stereocenters. The molecule has 2 aromatic heterocycles. The number of carbonyl (C=O) groups is 1. The number of nitrogens with one attached hydrogen (secondary N) is 1. The predicted molar refractivity (Wildman–Crippen MR) is 91.4 cm³/mol. The summed E-state index contributed by atoms with van der Waals surface area (Å²) < 4.78 is 11.0. The van der Waals surface area contributed by atoms with Gasteiger partial charge in [0.15, 0.2) is 6.61 Å². The predicted octanol–water partition coefficient (Wildman–Crippen LogP) is 4.31. The molecular weight excluding hydrogens is 374 g/mol. The van der Waals surface area contributed by atoms with Gasteiger partial charge in [0.05, 0.1) is 0 Å². The lowest BCUT2D eigenvalue weighted by Gasteiger charge is -2.04. The zero-order chi connectivity index (χ0) is 17.1. The van der Waals surface area contributed by atoms with Gasteiger partial charge in [0.1, 0.15) is 5.69 Å². The summed E-state index contributed by atoms with van der Waals surface area (Å²) in [6.45, 7) is 4.20. The number of carbonyl (C=O) groups excluding carboxylic acids is 1. The third-order valence-electron chi connectivity index (χ3n) is 3.50. The first-order valence-corrected chi connectivity index (χ1v) is 8.26. The molecule has 0 saturated carbocycles.